The van der Waals surface area contributed by atoms with Crippen LogP contribution in [0.15, 0.2) is 18.2 Å². The number of hydrogen-bond acceptors (Lipinski definition) is 3. The number of rotatable bonds is 3. The van der Waals surface area contributed by atoms with Crippen molar-refractivity contribution in [3.05, 3.63) is 46.5 Å². The Bertz CT molecular complexity index is 1020. The van der Waals surface area contributed by atoms with Gasteiger partial charge in [0.05, 0.1) is 18.8 Å². The minimum absolute atomic E-state index is 0.145. The number of carbonyl (C=O) groups excluding carboxylic acids is 2. The van der Waals surface area contributed by atoms with E-state index in [-0.39, 0.29) is 36.7 Å². The van der Waals surface area contributed by atoms with E-state index in [1.807, 2.05) is 6.92 Å². The summed E-state index contributed by atoms with van der Waals surface area (Å²) in [7, 11) is 0. The van der Waals surface area contributed by atoms with Crippen molar-refractivity contribution >= 4 is 17.6 Å². The molecule has 31 heavy (non-hydrogen) atoms. The molecule has 2 aliphatic heterocycles. The largest absolute Gasteiger partial charge is 0.332 e. The Labute approximate surface area is 177 Å². The molecule has 10 heteroatoms. The molecule has 4 rings (SSSR count). The van der Waals surface area contributed by atoms with Crippen molar-refractivity contribution in [3.8, 4) is 0 Å². The second kappa shape index (κ2) is 8.24. The monoisotopic (exact) mass is 435 g/mol. The summed E-state index contributed by atoms with van der Waals surface area (Å²) in [4.78, 5) is 28.7. The molecule has 0 bridgehead atoms. The molecular weight excluding hydrogens is 411 g/mol. The summed E-state index contributed by atoms with van der Waals surface area (Å²) < 4.78 is 41.0. The van der Waals surface area contributed by atoms with Crippen LogP contribution in [0.2, 0.25) is 0 Å². The summed E-state index contributed by atoms with van der Waals surface area (Å²) in [6.07, 6.45) is -1.63. The van der Waals surface area contributed by atoms with Crippen LogP contribution in [0.1, 0.15) is 40.7 Å². The molecule has 1 N–H and O–H groups in total. The summed E-state index contributed by atoms with van der Waals surface area (Å²) in [6, 6.07) is 3.76. The summed E-state index contributed by atoms with van der Waals surface area (Å²) in [5.74, 6) is -0.834. The Kier molecular flexibility index (Phi) is 5.63. The summed E-state index contributed by atoms with van der Waals surface area (Å²) in [6.45, 7) is 3.72. The maximum absolute atomic E-state index is 13.5. The lowest BCUT2D eigenvalue weighted by Gasteiger charge is -2.33. The first-order valence-corrected chi connectivity index (χ1v) is 10.2. The number of nitrogens with zero attached hydrogens (tertiary/aromatic N) is 4. The number of anilines is 1. The van der Waals surface area contributed by atoms with E-state index in [0.29, 0.717) is 36.2 Å². The van der Waals surface area contributed by atoms with Gasteiger partial charge in [0, 0.05) is 36.8 Å². The number of nitrogens with one attached hydrogen (secondary N) is 1. The zero-order valence-corrected chi connectivity index (χ0v) is 17.4. The number of fused-ring (bicyclic) bond motifs is 3. The van der Waals surface area contributed by atoms with E-state index in [9.17, 15) is 22.8 Å². The predicted molar refractivity (Wildman–Crippen MR) is 108 cm³/mol. The van der Waals surface area contributed by atoms with Crippen molar-refractivity contribution in [2.24, 2.45) is 0 Å². The number of carbonyl (C=O) groups is 2. The van der Waals surface area contributed by atoms with Crippen LogP contribution in [0.4, 0.5) is 23.7 Å². The fourth-order valence-electron chi connectivity index (χ4n) is 4.19. The molecule has 0 aliphatic carbocycles. The van der Waals surface area contributed by atoms with Gasteiger partial charge in [-0.05, 0) is 44.0 Å². The molecular formula is C21H24F3N5O2. The number of hydrogen-bond donors (Lipinski definition) is 1. The molecule has 0 saturated carbocycles. The highest BCUT2D eigenvalue weighted by atomic mass is 19.3. The number of alkyl halides is 2. The van der Waals surface area contributed by atoms with Crippen molar-refractivity contribution < 1.29 is 22.8 Å². The molecule has 0 fully saturated rings. The van der Waals surface area contributed by atoms with Crippen molar-refractivity contribution in [3.63, 3.8) is 0 Å². The summed E-state index contributed by atoms with van der Waals surface area (Å²) >= 11 is 0. The third-order valence-corrected chi connectivity index (χ3v) is 5.80. The van der Waals surface area contributed by atoms with E-state index < -0.39 is 18.9 Å². The van der Waals surface area contributed by atoms with Gasteiger partial charge in [0.1, 0.15) is 11.5 Å². The van der Waals surface area contributed by atoms with Crippen LogP contribution in [0.5, 0.6) is 0 Å². The number of aromatic nitrogens is 2. The van der Waals surface area contributed by atoms with Crippen LogP contribution in [0.25, 0.3) is 0 Å². The molecule has 1 aromatic heterocycles. The van der Waals surface area contributed by atoms with Gasteiger partial charge in [0.15, 0.2) is 0 Å². The van der Waals surface area contributed by atoms with Crippen LogP contribution in [-0.2, 0) is 19.5 Å². The average Bonchev–Trinajstić information content (AvgIpc) is 2.97. The van der Waals surface area contributed by atoms with E-state index in [4.69, 9.17) is 0 Å². The molecule has 2 aliphatic rings. The zero-order valence-electron chi connectivity index (χ0n) is 17.4. The Morgan fingerprint density at radius 1 is 1.32 bits per heavy atom. The highest BCUT2D eigenvalue weighted by Gasteiger charge is 2.36. The fraction of sp³-hybridized carbons (Fsp3) is 0.476. The minimum Gasteiger partial charge on any atom is -0.332 e. The van der Waals surface area contributed by atoms with Gasteiger partial charge in [-0.25, -0.2) is 18.0 Å². The molecule has 7 nitrogen and oxygen atoms in total. The molecule has 0 radical (unpaired) electrons. The van der Waals surface area contributed by atoms with E-state index in [2.05, 4.69) is 10.4 Å². The van der Waals surface area contributed by atoms with Crippen molar-refractivity contribution in [1.29, 1.82) is 0 Å². The molecule has 1 atom stereocenters. The molecule has 2 aromatic rings. The topological polar surface area (TPSA) is 70.5 Å². The number of aryl methyl sites for hydroxylation is 2. The van der Waals surface area contributed by atoms with E-state index in [0.717, 1.165) is 10.6 Å². The van der Waals surface area contributed by atoms with Crippen molar-refractivity contribution in [2.75, 3.05) is 18.4 Å². The van der Waals surface area contributed by atoms with Gasteiger partial charge >= 0.3 is 6.03 Å². The minimum atomic E-state index is -2.62. The van der Waals surface area contributed by atoms with Gasteiger partial charge in [-0.1, -0.05) is 0 Å². The summed E-state index contributed by atoms with van der Waals surface area (Å²) in [5.41, 5.74) is 2.50. The molecule has 1 aromatic carbocycles. The fourth-order valence-corrected chi connectivity index (χ4v) is 4.19. The van der Waals surface area contributed by atoms with Gasteiger partial charge in [0.25, 0.3) is 12.3 Å². The molecule has 166 valence electrons. The van der Waals surface area contributed by atoms with Gasteiger partial charge in [-0.2, -0.15) is 5.10 Å². The number of amides is 3. The molecule has 1 unspecified atom stereocenters. The van der Waals surface area contributed by atoms with Crippen LogP contribution in [0, 0.1) is 12.7 Å². The normalized spacial score (nSPS) is 18.6. The van der Waals surface area contributed by atoms with Gasteiger partial charge in [-0.3, -0.25) is 9.48 Å². The highest BCUT2D eigenvalue weighted by Crippen LogP contribution is 2.29. The van der Waals surface area contributed by atoms with E-state index in [1.54, 1.807) is 22.6 Å². The predicted octanol–water partition coefficient (Wildman–Crippen LogP) is 3.42. The van der Waals surface area contributed by atoms with Crippen molar-refractivity contribution in [1.82, 2.24) is 19.6 Å². The van der Waals surface area contributed by atoms with E-state index >= 15 is 0 Å². The second-order valence-electron chi connectivity index (χ2n) is 8.07. The number of benzene rings is 1. The van der Waals surface area contributed by atoms with Crippen LogP contribution >= 0.6 is 0 Å². The molecule has 0 spiro atoms. The van der Waals surface area contributed by atoms with Crippen LogP contribution in [0.3, 0.4) is 0 Å². The number of halogens is 3. The Morgan fingerprint density at radius 3 is 2.81 bits per heavy atom. The first kappa shape index (κ1) is 21.2. The zero-order chi connectivity index (χ0) is 22.3. The molecule has 0 saturated heterocycles. The third-order valence-electron chi connectivity index (χ3n) is 5.80. The first-order valence-electron chi connectivity index (χ1n) is 10.2. The standard InChI is InChI=1S/C21H24F3N5O2/c1-12-8-14(4-5-16(12)22)25-21(31)28-10-15-17(9-13(28)2)26-29-7-3-6-27(11-18(23)24)20(30)19(15)29/h4-5,8,13,18H,3,6-7,9-11H2,1-2H3,(H,25,31). The lowest BCUT2D eigenvalue weighted by atomic mass is 9.99. The average molecular weight is 435 g/mol. The maximum Gasteiger partial charge on any atom is 0.322 e. The third kappa shape index (κ3) is 4.11. The van der Waals surface area contributed by atoms with Gasteiger partial charge in [0.2, 0.25) is 0 Å². The van der Waals surface area contributed by atoms with Crippen molar-refractivity contribution in [2.45, 2.75) is 52.2 Å². The maximum atomic E-state index is 13.5. The van der Waals surface area contributed by atoms with Gasteiger partial charge in [-0.15, -0.1) is 0 Å². The quantitative estimate of drug-likeness (QED) is 0.803. The van der Waals surface area contributed by atoms with Crippen LogP contribution in [-0.4, -0.2) is 57.1 Å². The molecule has 3 amide bonds. The second-order valence-corrected chi connectivity index (χ2v) is 8.07. The Hall–Kier alpha value is -3.04. The Morgan fingerprint density at radius 2 is 2.10 bits per heavy atom. The first-order chi connectivity index (χ1) is 14.7. The van der Waals surface area contributed by atoms with Gasteiger partial charge < -0.3 is 15.1 Å². The number of urea groups is 1. The lowest BCUT2D eigenvalue weighted by molar-refractivity contribution is 0.0557. The highest BCUT2D eigenvalue weighted by molar-refractivity contribution is 5.95. The van der Waals surface area contributed by atoms with Crippen LogP contribution < -0.4 is 5.32 Å². The summed E-state index contributed by atoms with van der Waals surface area (Å²) in [5, 5.41) is 7.32. The Balaban J connectivity index is 1.59. The smallest absolute Gasteiger partial charge is 0.322 e. The lowest BCUT2D eigenvalue weighted by Crippen LogP contribution is -2.45. The SMILES string of the molecule is Cc1cc(NC(=O)N2Cc3c(nn4c3C(=O)N(CC(F)F)CCC4)CC2C)ccc1F. The van der Waals surface area contributed by atoms with E-state index in [1.165, 1.54) is 12.1 Å². The molecule has 3 heterocycles.